The van der Waals surface area contributed by atoms with Crippen molar-refractivity contribution in [1.82, 2.24) is 14.7 Å². The summed E-state index contributed by atoms with van der Waals surface area (Å²) >= 11 is 0. The number of piperazine rings is 1. The molecule has 0 bridgehead atoms. The molecule has 3 heterocycles. The van der Waals surface area contributed by atoms with E-state index in [2.05, 4.69) is 45.1 Å². The normalized spacial score (nSPS) is 28.6. The SMILES string of the molecule is CCOCCN1CCN(C2C=CC=CC2(c2cc(OC)cc3c2OC(C(N)=O)CC3)N2CCOCC2)CC1. The van der Waals surface area contributed by atoms with E-state index in [0.717, 1.165) is 88.1 Å². The van der Waals surface area contributed by atoms with Crippen LogP contribution >= 0.6 is 0 Å². The molecule has 0 aromatic heterocycles. The van der Waals surface area contributed by atoms with Crippen LogP contribution in [0.5, 0.6) is 11.5 Å². The van der Waals surface area contributed by atoms with Gasteiger partial charge in [-0.25, -0.2) is 0 Å². The molecule has 3 aliphatic heterocycles. The van der Waals surface area contributed by atoms with Crippen LogP contribution in [0, 0.1) is 0 Å². The van der Waals surface area contributed by atoms with Gasteiger partial charge in [0.1, 0.15) is 11.5 Å². The lowest BCUT2D eigenvalue weighted by molar-refractivity contribution is -0.125. The van der Waals surface area contributed by atoms with E-state index in [4.69, 9.17) is 24.7 Å². The molecule has 0 radical (unpaired) electrons. The highest BCUT2D eigenvalue weighted by Gasteiger charge is 2.49. The average molecular weight is 527 g/mol. The number of nitrogens with two attached hydrogens (primary N) is 1. The molecule has 9 heteroatoms. The van der Waals surface area contributed by atoms with E-state index < -0.39 is 17.6 Å². The number of carbonyl (C=O) groups excluding carboxylic acids is 1. The Kier molecular flexibility index (Phi) is 8.70. The molecule has 1 aliphatic carbocycles. The zero-order chi connectivity index (χ0) is 26.5. The number of carbonyl (C=O) groups is 1. The zero-order valence-electron chi connectivity index (χ0n) is 22.8. The number of benzene rings is 1. The smallest absolute Gasteiger partial charge is 0.258 e. The summed E-state index contributed by atoms with van der Waals surface area (Å²) in [5.74, 6) is 1.15. The molecule has 38 heavy (non-hydrogen) atoms. The maximum absolute atomic E-state index is 12.2. The lowest BCUT2D eigenvalue weighted by atomic mass is 9.75. The maximum atomic E-state index is 12.2. The molecule has 9 nitrogen and oxygen atoms in total. The Hall–Kier alpha value is -2.43. The van der Waals surface area contributed by atoms with Crippen LogP contribution in [-0.2, 0) is 26.2 Å². The van der Waals surface area contributed by atoms with Gasteiger partial charge in [0.05, 0.1) is 38.5 Å². The summed E-state index contributed by atoms with van der Waals surface area (Å²) < 4.78 is 23.6. The lowest BCUT2D eigenvalue weighted by Gasteiger charge is -2.54. The van der Waals surface area contributed by atoms with E-state index in [1.165, 1.54) is 0 Å². The molecular weight excluding hydrogens is 484 g/mol. The molecule has 3 atom stereocenters. The van der Waals surface area contributed by atoms with Crippen LogP contribution in [0.4, 0.5) is 0 Å². The van der Waals surface area contributed by atoms with Crippen molar-refractivity contribution in [3.63, 3.8) is 0 Å². The Balaban J connectivity index is 1.55. The van der Waals surface area contributed by atoms with Gasteiger partial charge in [0, 0.05) is 58.0 Å². The summed E-state index contributed by atoms with van der Waals surface area (Å²) in [5.41, 5.74) is 7.31. The van der Waals surface area contributed by atoms with Crippen LogP contribution in [0.15, 0.2) is 36.4 Å². The van der Waals surface area contributed by atoms with Gasteiger partial charge in [-0.1, -0.05) is 24.3 Å². The minimum atomic E-state index is -0.633. The fourth-order valence-corrected chi connectivity index (χ4v) is 6.35. The minimum absolute atomic E-state index is 0.0772. The molecule has 1 aromatic carbocycles. The highest BCUT2D eigenvalue weighted by molar-refractivity contribution is 5.80. The molecular formula is C29H42N4O5. The summed E-state index contributed by atoms with van der Waals surface area (Å²) in [4.78, 5) is 19.8. The minimum Gasteiger partial charge on any atom is -0.497 e. The average Bonchev–Trinajstić information content (AvgIpc) is 2.97. The van der Waals surface area contributed by atoms with Gasteiger partial charge in [-0.15, -0.1) is 0 Å². The first-order chi connectivity index (χ1) is 18.6. The number of methoxy groups -OCH3 is 1. The quantitative estimate of drug-likeness (QED) is 0.485. The van der Waals surface area contributed by atoms with Gasteiger partial charge in [-0.05, 0) is 37.5 Å². The standard InChI is InChI=1S/C29H42N4O5/c1-3-36-17-14-31-10-12-32(13-11-31)26-6-4-5-9-29(26,33-15-18-37-19-16-33)24-21-23(35-2)20-22-7-8-25(28(30)34)38-27(22)24/h4-6,9,20-21,25-26H,3,7-8,10-19H2,1-2H3,(H2,30,34). The van der Waals surface area contributed by atoms with Crippen molar-refractivity contribution in [2.75, 3.05) is 79.4 Å². The lowest BCUT2D eigenvalue weighted by Crippen LogP contribution is -2.64. The third-order valence-electron chi connectivity index (χ3n) is 8.36. The van der Waals surface area contributed by atoms with Crippen LogP contribution in [0.3, 0.4) is 0 Å². The van der Waals surface area contributed by atoms with Crippen LogP contribution < -0.4 is 15.2 Å². The molecule has 208 valence electrons. The maximum Gasteiger partial charge on any atom is 0.258 e. The fraction of sp³-hybridized carbons (Fsp3) is 0.621. The number of aryl methyl sites for hydroxylation is 1. The number of fused-ring (bicyclic) bond motifs is 1. The first kappa shape index (κ1) is 27.1. The van der Waals surface area contributed by atoms with E-state index in [0.29, 0.717) is 19.6 Å². The van der Waals surface area contributed by atoms with Crippen molar-refractivity contribution >= 4 is 5.91 Å². The number of hydrogen-bond donors (Lipinski definition) is 1. The Labute approximate surface area is 226 Å². The second-order valence-electron chi connectivity index (χ2n) is 10.4. The summed E-state index contributed by atoms with van der Waals surface area (Å²) in [5, 5.41) is 0. The summed E-state index contributed by atoms with van der Waals surface area (Å²) in [7, 11) is 1.71. The number of hydrogen-bond acceptors (Lipinski definition) is 8. The Morgan fingerprint density at radius 1 is 1.13 bits per heavy atom. The Morgan fingerprint density at radius 3 is 2.63 bits per heavy atom. The monoisotopic (exact) mass is 526 g/mol. The van der Waals surface area contributed by atoms with Gasteiger partial charge < -0.3 is 24.7 Å². The van der Waals surface area contributed by atoms with Crippen LogP contribution in [-0.4, -0.2) is 112 Å². The number of allylic oxidation sites excluding steroid dienone is 2. The third-order valence-corrected chi connectivity index (χ3v) is 8.36. The number of nitrogens with zero attached hydrogens (tertiary/aromatic N) is 3. The van der Waals surface area contributed by atoms with Crippen molar-refractivity contribution in [3.05, 3.63) is 47.6 Å². The van der Waals surface area contributed by atoms with E-state index in [-0.39, 0.29) is 6.04 Å². The van der Waals surface area contributed by atoms with Crippen molar-refractivity contribution in [2.45, 2.75) is 37.5 Å². The number of morpholine rings is 1. The van der Waals surface area contributed by atoms with Gasteiger partial charge in [0.25, 0.3) is 5.91 Å². The first-order valence-electron chi connectivity index (χ1n) is 14.0. The molecule has 0 spiro atoms. The predicted molar refractivity (Wildman–Crippen MR) is 146 cm³/mol. The van der Waals surface area contributed by atoms with Crippen LogP contribution in [0.25, 0.3) is 0 Å². The summed E-state index contributed by atoms with van der Waals surface area (Å²) in [6, 6.07) is 4.22. The molecule has 4 aliphatic rings. The number of primary amides is 1. The number of rotatable bonds is 9. The second kappa shape index (κ2) is 12.2. The van der Waals surface area contributed by atoms with Gasteiger partial charge in [-0.3, -0.25) is 19.5 Å². The molecule has 1 aromatic rings. The van der Waals surface area contributed by atoms with Gasteiger partial charge >= 0.3 is 0 Å². The van der Waals surface area contributed by atoms with Crippen LogP contribution in [0.1, 0.15) is 24.5 Å². The molecule has 5 rings (SSSR count). The van der Waals surface area contributed by atoms with E-state index in [9.17, 15) is 4.79 Å². The number of ether oxygens (including phenoxy) is 4. The fourth-order valence-electron chi connectivity index (χ4n) is 6.35. The van der Waals surface area contributed by atoms with Gasteiger partial charge in [0.15, 0.2) is 6.10 Å². The van der Waals surface area contributed by atoms with Crippen molar-refractivity contribution in [3.8, 4) is 11.5 Å². The van der Waals surface area contributed by atoms with E-state index in [1.807, 2.05) is 13.0 Å². The molecule has 3 unspecified atom stereocenters. The molecule has 0 saturated carbocycles. The van der Waals surface area contributed by atoms with Crippen molar-refractivity contribution in [2.24, 2.45) is 5.73 Å². The molecule has 2 N–H and O–H groups in total. The van der Waals surface area contributed by atoms with Gasteiger partial charge in [0.2, 0.25) is 0 Å². The van der Waals surface area contributed by atoms with Crippen molar-refractivity contribution in [1.29, 1.82) is 0 Å². The second-order valence-corrected chi connectivity index (χ2v) is 10.4. The first-order valence-corrected chi connectivity index (χ1v) is 14.0. The summed E-state index contributed by atoms with van der Waals surface area (Å²) in [6.45, 7) is 11.4. The Morgan fingerprint density at radius 2 is 1.92 bits per heavy atom. The zero-order valence-corrected chi connectivity index (χ0v) is 22.8. The van der Waals surface area contributed by atoms with E-state index in [1.54, 1.807) is 7.11 Å². The van der Waals surface area contributed by atoms with Crippen molar-refractivity contribution < 1.29 is 23.7 Å². The molecule has 1 amide bonds. The van der Waals surface area contributed by atoms with Gasteiger partial charge in [-0.2, -0.15) is 0 Å². The topological polar surface area (TPSA) is 89.7 Å². The molecule has 2 fully saturated rings. The third kappa shape index (κ3) is 5.35. The highest BCUT2D eigenvalue weighted by Crippen LogP contribution is 2.48. The van der Waals surface area contributed by atoms with E-state index >= 15 is 0 Å². The van der Waals surface area contributed by atoms with Crippen LogP contribution in [0.2, 0.25) is 0 Å². The summed E-state index contributed by atoms with van der Waals surface area (Å²) in [6.07, 6.45) is 9.60. The predicted octanol–water partition coefficient (Wildman–Crippen LogP) is 1.55. The Bertz CT molecular complexity index is 1030. The highest BCUT2D eigenvalue weighted by atomic mass is 16.5. The largest absolute Gasteiger partial charge is 0.497 e. The molecule has 2 saturated heterocycles. The number of amides is 1.